The molecule has 6 nitrogen and oxygen atoms in total. The van der Waals surface area contributed by atoms with E-state index in [-0.39, 0.29) is 31.6 Å². The summed E-state index contributed by atoms with van der Waals surface area (Å²) in [5, 5.41) is 11.7. The van der Waals surface area contributed by atoms with Crippen LogP contribution in [-0.2, 0) is 11.3 Å². The number of piperidine rings is 1. The van der Waals surface area contributed by atoms with E-state index in [9.17, 15) is 27.9 Å². The van der Waals surface area contributed by atoms with Crippen molar-refractivity contribution in [3.63, 3.8) is 0 Å². The van der Waals surface area contributed by atoms with Gasteiger partial charge in [-0.1, -0.05) is 43.2 Å². The van der Waals surface area contributed by atoms with Gasteiger partial charge in [-0.25, -0.2) is 4.98 Å². The van der Waals surface area contributed by atoms with Crippen LogP contribution in [-0.4, -0.2) is 50.3 Å². The summed E-state index contributed by atoms with van der Waals surface area (Å²) in [5.74, 6) is -0.535. The zero-order valence-electron chi connectivity index (χ0n) is 18.4. The van der Waals surface area contributed by atoms with Crippen molar-refractivity contribution in [1.82, 2.24) is 14.5 Å². The first-order chi connectivity index (χ1) is 15.6. The second-order valence-electron chi connectivity index (χ2n) is 9.31. The van der Waals surface area contributed by atoms with Gasteiger partial charge in [0.15, 0.2) is 0 Å². The summed E-state index contributed by atoms with van der Waals surface area (Å²) in [6.45, 7) is 0.419. The third-order valence-corrected chi connectivity index (χ3v) is 7.19. The number of benzene rings is 1. The molecule has 1 unspecified atom stereocenters. The maximum atomic E-state index is 12.8. The van der Waals surface area contributed by atoms with Gasteiger partial charge in [0.05, 0.1) is 30.6 Å². The number of aliphatic hydroxyl groups is 1. The molecule has 1 spiro atoms. The van der Waals surface area contributed by atoms with Crippen molar-refractivity contribution in [2.24, 2.45) is 5.41 Å². The van der Waals surface area contributed by atoms with E-state index in [1.165, 1.54) is 21.9 Å². The van der Waals surface area contributed by atoms with Gasteiger partial charge in [-0.15, -0.1) is 0 Å². The molecule has 1 atom stereocenters. The molecule has 2 aromatic rings. The van der Waals surface area contributed by atoms with E-state index in [0.29, 0.717) is 18.5 Å². The summed E-state index contributed by atoms with van der Waals surface area (Å²) >= 11 is 0. The Bertz CT molecular complexity index is 1050. The molecule has 2 heterocycles. The Kier molecular flexibility index (Phi) is 6.35. The van der Waals surface area contributed by atoms with E-state index in [4.69, 9.17) is 0 Å². The van der Waals surface area contributed by atoms with Crippen LogP contribution in [0.2, 0.25) is 0 Å². The van der Waals surface area contributed by atoms with Gasteiger partial charge in [-0.2, -0.15) is 13.2 Å². The van der Waals surface area contributed by atoms with Crippen LogP contribution < -0.4 is 5.56 Å². The maximum absolute atomic E-state index is 12.8. The minimum Gasteiger partial charge on any atom is -0.387 e. The molecule has 1 N–H and O–H groups in total. The number of hydrogen-bond donors (Lipinski definition) is 1. The van der Waals surface area contributed by atoms with E-state index >= 15 is 0 Å². The molecular weight excluding hydrogens is 435 g/mol. The number of amides is 1. The van der Waals surface area contributed by atoms with Gasteiger partial charge in [0, 0.05) is 36.6 Å². The highest BCUT2D eigenvalue weighted by Crippen LogP contribution is 2.51. The lowest BCUT2D eigenvalue weighted by Crippen LogP contribution is -2.62. The first kappa shape index (κ1) is 23.5. The lowest BCUT2D eigenvalue weighted by atomic mass is 9.65. The summed E-state index contributed by atoms with van der Waals surface area (Å²) in [7, 11) is 0. The topological polar surface area (TPSA) is 75.4 Å². The summed E-state index contributed by atoms with van der Waals surface area (Å²) < 4.78 is 39.1. The molecular formula is C24H28F3N3O3. The largest absolute Gasteiger partial charge is 0.389 e. The van der Waals surface area contributed by atoms with Gasteiger partial charge in [-0.3, -0.25) is 14.2 Å². The monoisotopic (exact) mass is 463 g/mol. The number of nitrogens with zero attached hydrogens (tertiary/aromatic N) is 3. The number of aromatic nitrogens is 2. The third-order valence-electron chi connectivity index (χ3n) is 7.19. The molecule has 2 fully saturated rings. The number of likely N-dealkylation sites (tertiary alicyclic amines) is 1. The smallest absolute Gasteiger partial charge is 0.387 e. The number of carbonyl (C=O) groups excluding carboxylic acids is 1. The summed E-state index contributed by atoms with van der Waals surface area (Å²) in [4.78, 5) is 31.1. The van der Waals surface area contributed by atoms with Gasteiger partial charge in [-0.05, 0) is 19.3 Å². The second kappa shape index (κ2) is 8.93. The number of hydrogen-bond acceptors (Lipinski definition) is 4. The molecule has 1 aromatic carbocycles. The van der Waals surface area contributed by atoms with E-state index in [2.05, 4.69) is 4.98 Å². The number of carbonyl (C=O) groups is 1. The molecule has 0 radical (unpaired) electrons. The van der Waals surface area contributed by atoms with Gasteiger partial charge in [0.2, 0.25) is 5.91 Å². The molecule has 0 bridgehead atoms. The predicted octanol–water partition coefficient (Wildman–Crippen LogP) is 3.78. The van der Waals surface area contributed by atoms with Crippen molar-refractivity contribution >= 4 is 5.91 Å². The molecule has 1 aliphatic heterocycles. The normalized spacial score (nSPS) is 22.6. The fourth-order valence-electron chi connectivity index (χ4n) is 5.31. The summed E-state index contributed by atoms with van der Waals surface area (Å²) in [5.41, 5.74) is -0.808. The van der Waals surface area contributed by atoms with Gasteiger partial charge in [0.25, 0.3) is 5.56 Å². The minimum absolute atomic E-state index is 0.0402. The van der Waals surface area contributed by atoms with Crippen molar-refractivity contribution in [1.29, 1.82) is 0 Å². The highest BCUT2D eigenvalue weighted by Gasteiger charge is 2.55. The average Bonchev–Trinajstić information content (AvgIpc) is 3.26. The molecule has 9 heteroatoms. The lowest BCUT2D eigenvalue weighted by molar-refractivity contribution is -0.166. The first-order valence-electron chi connectivity index (χ1n) is 11.3. The van der Waals surface area contributed by atoms with Crippen molar-refractivity contribution in [3.05, 3.63) is 53.1 Å². The Balaban J connectivity index is 1.53. The molecule has 2 aliphatic rings. The van der Waals surface area contributed by atoms with Crippen LogP contribution in [0.4, 0.5) is 13.2 Å². The lowest BCUT2D eigenvalue weighted by Gasteiger charge is -2.52. The molecule has 33 heavy (non-hydrogen) atoms. The SMILES string of the molecule is O=C(CCC(F)(F)F)N1CCC(O)(Cn2cnc(-c3ccccc3)cc2=O)C2(CCCC2)C1. The fraction of sp³-hybridized carbons (Fsp3) is 0.542. The van der Waals surface area contributed by atoms with Crippen molar-refractivity contribution < 1.29 is 23.1 Å². The quantitative estimate of drug-likeness (QED) is 0.733. The zero-order chi connectivity index (χ0) is 23.7. The number of alkyl halides is 3. The summed E-state index contributed by atoms with van der Waals surface area (Å²) in [6, 6.07) is 10.8. The van der Waals surface area contributed by atoms with Crippen LogP contribution in [0.25, 0.3) is 11.3 Å². The molecule has 1 amide bonds. The highest BCUT2D eigenvalue weighted by atomic mass is 19.4. The van der Waals surface area contributed by atoms with Crippen LogP contribution in [0.3, 0.4) is 0 Å². The minimum atomic E-state index is -4.38. The number of halogens is 3. The van der Waals surface area contributed by atoms with Crippen LogP contribution in [0.5, 0.6) is 0 Å². The molecule has 4 rings (SSSR count). The van der Waals surface area contributed by atoms with Crippen LogP contribution in [0.1, 0.15) is 44.9 Å². The van der Waals surface area contributed by atoms with Gasteiger partial charge in [0.1, 0.15) is 0 Å². The molecule has 1 aliphatic carbocycles. The van der Waals surface area contributed by atoms with Crippen LogP contribution in [0.15, 0.2) is 47.5 Å². The van der Waals surface area contributed by atoms with E-state index in [1.807, 2.05) is 30.3 Å². The van der Waals surface area contributed by atoms with Gasteiger partial charge < -0.3 is 10.0 Å². The summed E-state index contributed by atoms with van der Waals surface area (Å²) in [6.07, 6.45) is -1.40. The van der Waals surface area contributed by atoms with Crippen molar-refractivity contribution in [3.8, 4) is 11.3 Å². The van der Waals surface area contributed by atoms with Crippen molar-refractivity contribution in [2.45, 2.75) is 63.3 Å². The molecule has 1 saturated heterocycles. The molecule has 1 aromatic heterocycles. The maximum Gasteiger partial charge on any atom is 0.389 e. The average molecular weight is 464 g/mol. The predicted molar refractivity (Wildman–Crippen MR) is 116 cm³/mol. The second-order valence-corrected chi connectivity index (χ2v) is 9.31. The Labute approximate surface area is 190 Å². The van der Waals surface area contributed by atoms with E-state index < -0.39 is 35.9 Å². The van der Waals surface area contributed by atoms with E-state index in [1.54, 1.807) is 0 Å². The van der Waals surface area contributed by atoms with Crippen LogP contribution in [0, 0.1) is 5.41 Å². The van der Waals surface area contributed by atoms with Gasteiger partial charge >= 0.3 is 6.18 Å². The standard InChI is InChI=1S/C24H28F3N3O3/c25-24(26,27)11-8-20(31)29-13-12-23(33,22(15-29)9-4-5-10-22)16-30-17-28-19(14-21(30)32)18-6-2-1-3-7-18/h1-3,6-7,14,17,33H,4-5,8-13,15-16H2. The fourth-order valence-corrected chi connectivity index (χ4v) is 5.31. The molecule has 1 saturated carbocycles. The van der Waals surface area contributed by atoms with E-state index in [0.717, 1.165) is 18.4 Å². The molecule has 178 valence electrons. The number of rotatable bonds is 5. The Morgan fingerprint density at radius 2 is 1.82 bits per heavy atom. The third kappa shape index (κ3) is 4.98. The Morgan fingerprint density at radius 1 is 1.12 bits per heavy atom. The first-order valence-corrected chi connectivity index (χ1v) is 11.3. The Hall–Kier alpha value is -2.68. The van der Waals surface area contributed by atoms with Crippen molar-refractivity contribution in [2.75, 3.05) is 13.1 Å². The zero-order valence-corrected chi connectivity index (χ0v) is 18.4. The Morgan fingerprint density at radius 3 is 2.45 bits per heavy atom. The highest BCUT2D eigenvalue weighted by molar-refractivity contribution is 5.76. The van der Waals surface area contributed by atoms with Crippen LogP contribution >= 0.6 is 0 Å².